The molecule has 86 valence electrons. The van der Waals surface area contributed by atoms with E-state index in [1.807, 2.05) is 0 Å². The fraction of sp³-hybridized carbons (Fsp3) is 0.182. The van der Waals surface area contributed by atoms with E-state index in [0.29, 0.717) is 0 Å². The van der Waals surface area contributed by atoms with Gasteiger partial charge in [-0.05, 0) is 17.7 Å². The highest BCUT2D eigenvalue weighted by Gasteiger charge is 2.15. The molecule has 0 saturated carbocycles. The van der Waals surface area contributed by atoms with Crippen molar-refractivity contribution in [3.05, 3.63) is 42.4 Å². The van der Waals surface area contributed by atoms with E-state index in [1.54, 1.807) is 12.1 Å². The Balaban J connectivity index is 2.67. The summed E-state index contributed by atoms with van der Waals surface area (Å²) in [6, 6.07) is 5.29. The third kappa shape index (κ3) is 3.61. The van der Waals surface area contributed by atoms with Crippen molar-refractivity contribution in [3.63, 3.8) is 0 Å². The molecular formula is C11H12FNO3. The number of aliphatic carboxylic acids is 1. The Morgan fingerprint density at radius 2 is 2.06 bits per heavy atom. The average Bonchev–Trinajstić information content (AvgIpc) is 2.26. The highest BCUT2D eigenvalue weighted by atomic mass is 19.1. The van der Waals surface area contributed by atoms with Crippen molar-refractivity contribution >= 4 is 5.97 Å². The van der Waals surface area contributed by atoms with E-state index in [2.05, 4.69) is 5.32 Å². The minimum atomic E-state index is -1.06. The standard InChI is InChI=1S/C11H12FNO3/c12-5-6-13-10(11(15)16)7-8-1-3-9(14)4-2-8/h1-6,10,13-14H,7H2,(H,15,16)/t10-/m0/s1. The number of rotatable bonds is 5. The second-order valence-electron chi connectivity index (χ2n) is 3.22. The lowest BCUT2D eigenvalue weighted by Crippen LogP contribution is -2.35. The van der Waals surface area contributed by atoms with Gasteiger partial charge in [-0.1, -0.05) is 12.1 Å². The number of carboxylic acids is 1. The van der Waals surface area contributed by atoms with Crippen LogP contribution in [-0.2, 0) is 11.2 Å². The maximum atomic E-state index is 11.7. The molecule has 0 unspecified atom stereocenters. The summed E-state index contributed by atoms with van der Waals surface area (Å²) in [6.07, 6.45) is 1.39. The smallest absolute Gasteiger partial charge is 0.326 e. The summed E-state index contributed by atoms with van der Waals surface area (Å²) in [7, 11) is 0. The van der Waals surface area contributed by atoms with Crippen molar-refractivity contribution in [2.24, 2.45) is 0 Å². The van der Waals surface area contributed by atoms with Gasteiger partial charge in [-0.15, -0.1) is 0 Å². The normalized spacial score (nSPS) is 12.6. The van der Waals surface area contributed by atoms with Gasteiger partial charge in [0.25, 0.3) is 0 Å². The topological polar surface area (TPSA) is 69.6 Å². The second kappa shape index (κ2) is 5.75. The molecule has 0 spiro atoms. The summed E-state index contributed by atoms with van der Waals surface area (Å²) in [6.45, 7) is 0. The molecule has 0 saturated heterocycles. The van der Waals surface area contributed by atoms with E-state index in [4.69, 9.17) is 10.2 Å². The van der Waals surface area contributed by atoms with Gasteiger partial charge >= 0.3 is 5.97 Å². The zero-order valence-electron chi connectivity index (χ0n) is 8.43. The molecule has 0 aliphatic carbocycles. The van der Waals surface area contributed by atoms with Gasteiger partial charge in [-0.3, -0.25) is 0 Å². The van der Waals surface area contributed by atoms with E-state index < -0.39 is 12.0 Å². The van der Waals surface area contributed by atoms with Crippen LogP contribution in [-0.4, -0.2) is 22.2 Å². The first-order chi connectivity index (χ1) is 7.63. The molecule has 1 atom stereocenters. The van der Waals surface area contributed by atoms with Crippen molar-refractivity contribution in [3.8, 4) is 5.75 Å². The van der Waals surface area contributed by atoms with Crippen molar-refractivity contribution in [1.29, 1.82) is 0 Å². The van der Waals surface area contributed by atoms with Crippen LogP contribution in [0.4, 0.5) is 4.39 Å². The van der Waals surface area contributed by atoms with Gasteiger partial charge in [0.1, 0.15) is 18.1 Å². The van der Waals surface area contributed by atoms with Gasteiger partial charge in [-0.25, -0.2) is 9.18 Å². The molecule has 0 aromatic heterocycles. The van der Waals surface area contributed by atoms with E-state index in [9.17, 15) is 9.18 Å². The molecule has 1 rings (SSSR count). The lowest BCUT2D eigenvalue weighted by atomic mass is 10.1. The molecule has 1 aromatic carbocycles. The van der Waals surface area contributed by atoms with Crippen LogP contribution in [0.25, 0.3) is 0 Å². The number of halogens is 1. The van der Waals surface area contributed by atoms with Crippen molar-refractivity contribution in [1.82, 2.24) is 5.32 Å². The van der Waals surface area contributed by atoms with E-state index in [1.165, 1.54) is 12.1 Å². The number of benzene rings is 1. The number of phenols is 1. The van der Waals surface area contributed by atoms with Gasteiger partial charge in [0.05, 0.1) is 0 Å². The maximum Gasteiger partial charge on any atom is 0.326 e. The molecule has 0 fully saturated rings. The Morgan fingerprint density at radius 1 is 1.44 bits per heavy atom. The summed E-state index contributed by atoms with van der Waals surface area (Å²) < 4.78 is 11.7. The Kier molecular flexibility index (Phi) is 4.32. The molecule has 1 aromatic rings. The van der Waals surface area contributed by atoms with Crippen LogP contribution < -0.4 is 5.32 Å². The van der Waals surface area contributed by atoms with Crippen molar-refractivity contribution in [2.75, 3.05) is 0 Å². The quantitative estimate of drug-likeness (QED) is 0.708. The van der Waals surface area contributed by atoms with Crippen LogP contribution in [0.1, 0.15) is 5.56 Å². The predicted octanol–water partition coefficient (Wildman–Crippen LogP) is 1.42. The summed E-state index contributed by atoms with van der Waals surface area (Å²) in [5.41, 5.74) is 0.741. The summed E-state index contributed by atoms with van der Waals surface area (Å²) >= 11 is 0. The zero-order valence-corrected chi connectivity index (χ0v) is 8.43. The Labute approximate surface area is 92.0 Å². The molecule has 3 N–H and O–H groups in total. The van der Waals surface area contributed by atoms with Crippen LogP contribution in [0, 0.1) is 0 Å². The summed E-state index contributed by atoms with van der Waals surface area (Å²) in [5, 5.41) is 20.3. The van der Waals surface area contributed by atoms with Gasteiger partial charge in [0, 0.05) is 12.6 Å². The fourth-order valence-corrected chi connectivity index (χ4v) is 1.24. The minimum absolute atomic E-state index is 0.118. The van der Waals surface area contributed by atoms with Crippen LogP contribution in [0.3, 0.4) is 0 Å². The van der Waals surface area contributed by atoms with Crippen molar-refractivity contribution < 1.29 is 19.4 Å². The Hall–Kier alpha value is -2.04. The highest BCUT2D eigenvalue weighted by Crippen LogP contribution is 2.11. The number of hydrogen-bond acceptors (Lipinski definition) is 3. The van der Waals surface area contributed by atoms with Crippen molar-refractivity contribution in [2.45, 2.75) is 12.5 Å². The minimum Gasteiger partial charge on any atom is -0.508 e. The van der Waals surface area contributed by atoms with Crippen LogP contribution in [0.5, 0.6) is 5.75 Å². The first kappa shape index (κ1) is 12.0. The first-order valence-electron chi connectivity index (χ1n) is 4.65. The first-order valence-corrected chi connectivity index (χ1v) is 4.65. The average molecular weight is 225 g/mol. The molecule has 4 nitrogen and oxygen atoms in total. The summed E-state index contributed by atoms with van der Waals surface area (Å²) in [5.74, 6) is -0.946. The monoisotopic (exact) mass is 225 g/mol. The van der Waals surface area contributed by atoms with E-state index in [0.717, 1.165) is 11.8 Å². The molecule has 0 radical (unpaired) electrons. The largest absolute Gasteiger partial charge is 0.508 e. The lowest BCUT2D eigenvalue weighted by molar-refractivity contribution is -0.139. The number of hydrogen-bond donors (Lipinski definition) is 3. The number of nitrogens with one attached hydrogen (secondary N) is 1. The van der Waals surface area contributed by atoms with E-state index in [-0.39, 0.29) is 18.5 Å². The second-order valence-corrected chi connectivity index (χ2v) is 3.22. The maximum absolute atomic E-state index is 11.7. The molecule has 0 aliphatic rings. The van der Waals surface area contributed by atoms with Crippen LogP contribution in [0.2, 0.25) is 0 Å². The Morgan fingerprint density at radius 3 is 2.56 bits per heavy atom. The molecule has 0 heterocycles. The number of carboxylic acid groups (broad SMARTS) is 1. The number of phenolic OH excluding ortho intramolecular Hbond substituents is 1. The third-order valence-electron chi connectivity index (χ3n) is 2.03. The molecule has 0 amide bonds. The molecule has 0 bridgehead atoms. The predicted molar refractivity (Wildman–Crippen MR) is 56.6 cm³/mol. The highest BCUT2D eigenvalue weighted by molar-refractivity contribution is 5.74. The summed E-state index contributed by atoms with van der Waals surface area (Å²) in [4.78, 5) is 10.8. The molecule has 5 heteroatoms. The molecule has 0 aliphatic heterocycles. The number of aromatic hydroxyl groups is 1. The number of carbonyl (C=O) groups is 1. The van der Waals surface area contributed by atoms with Gasteiger partial charge in [-0.2, -0.15) is 0 Å². The van der Waals surface area contributed by atoms with Gasteiger partial charge < -0.3 is 15.5 Å². The zero-order chi connectivity index (χ0) is 12.0. The van der Waals surface area contributed by atoms with E-state index >= 15 is 0 Å². The van der Waals surface area contributed by atoms with Crippen LogP contribution >= 0.6 is 0 Å². The Bertz CT molecular complexity index is 375. The third-order valence-corrected chi connectivity index (χ3v) is 2.03. The lowest BCUT2D eigenvalue weighted by Gasteiger charge is -2.12. The fourth-order valence-electron chi connectivity index (χ4n) is 1.24. The van der Waals surface area contributed by atoms with Gasteiger partial charge in [0.2, 0.25) is 0 Å². The molecular weight excluding hydrogens is 213 g/mol. The molecule has 16 heavy (non-hydrogen) atoms. The SMILES string of the molecule is O=C(O)[C@H](Cc1ccc(O)cc1)NC=CF. The van der Waals surface area contributed by atoms with Gasteiger partial charge in [0.15, 0.2) is 0 Å². The van der Waals surface area contributed by atoms with Crippen LogP contribution in [0.15, 0.2) is 36.8 Å².